The Morgan fingerprint density at radius 2 is 1.86 bits per heavy atom. The molecule has 3 aromatic rings. The summed E-state index contributed by atoms with van der Waals surface area (Å²) in [6.45, 7) is 0.390. The average molecular weight is 349 g/mol. The third-order valence-corrected chi connectivity index (χ3v) is 3.83. The minimum Gasteiger partial charge on any atom is -0.378 e. The van der Waals surface area contributed by atoms with Gasteiger partial charge in [0.25, 0.3) is 0 Å². The lowest BCUT2D eigenvalue weighted by molar-refractivity contribution is 0.596. The second-order valence-electron chi connectivity index (χ2n) is 4.59. The molecule has 0 aliphatic heterocycles. The van der Waals surface area contributed by atoms with Crippen molar-refractivity contribution in [3.8, 4) is 0 Å². The van der Waals surface area contributed by atoms with E-state index < -0.39 is 11.6 Å². The summed E-state index contributed by atoms with van der Waals surface area (Å²) in [4.78, 5) is 4.27. The molecule has 2 nitrogen and oxygen atoms in total. The molecule has 0 fully saturated rings. The van der Waals surface area contributed by atoms with Gasteiger partial charge in [-0.25, -0.2) is 8.78 Å². The van der Waals surface area contributed by atoms with E-state index in [0.29, 0.717) is 6.54 Å². The molecule has 0 amide bonds. The van der Waals surface area contributed by atoms with Crippen LogP contribution >= 0.6 is 15.9 Å². The maximum atomic E-state index is 13.8. The zero-order chi connectivity index (χ0) is 14.8. The molecule has 0 saturated heterocycles. The second-order valence-corrected chi connectivity index (χ2v) is 5.44. The summed E-state index contributed by atoms with van der Waals surface area (Å²) in [7, 11) is 0. The van der Waals surface area contributed by atoms with Crippen LogP contribution < -0.4 is 5.32 Å². The zero-order valence-corrected chi connectivity index (χ0v) is 12.5. The topological polar surface area (TPSA) is 24.9 Å². The first-order valence-electron chi connectivity index (χ1n) is 6.36. The molecule has 5 heteroatoms. The van der Waals surface area contributed by atoms with Crippen molar-refractivity contribution in [3.05, 3.63) is 70.3 Å². The quantitative estimate of drug-likeness (QED) is 0.681. The Balaban J connectivity index is 1.89. The van der Waals surface area contributed by atoms with Crippen molar-refractivity contribution in [3.63, 3.8) is 0 Å². The molecule has 0 aliphatic carbocycles. The molecule has 1 aromatic heterocycles. The Labute approximate surface area is 129 Å². The molecule has 1 N–H and O–H groups in total. The third-order valence-electron chi connectivity index (χ3n) is 3.22. The molecule has 2 aromatic carbocycles. The number of hydrogen-bond acceptors (Lipinski definition) is 2. The predicted octanol–water partition coefficient (Wildman–Crippen LogP) is 4.89. The van der Waals surface area contributed by atoms with Crippen molar-refractivity contribution in [2.75, 3.05) is 5.32 Å². The average Bonchev–Trinajstić information content (AvgIpc) is 2.49. The SMILES string of the molecule is Fc1cc(NCc2ccnc3ccccc23)c(F)cc1Br. The number of halogens is 3. The van der Waals surface area contributed by atoms with E-state index in [2.05, 4.69) is 26.2 Å². The van der Waals surface area contributed by atoms with Gasteiger partial charge in [-0.15, -0.1) is 0 Å². The Morgan fingerprint density at radius 1 is 1.05 bits per heavy atom. The van der Waals surface area contributed by atoms with E-state index in [-0.39, 0.29) is 10.2 Å². The molecule has 1 heterocycles. The fourth-order valence-electron chi connectivity index (χ4n) is 2.16. The predicted molar refractivity (Wildman–Crippen MR) is 83.1 cm³/mol. The number of nitrogens with zero attached hydrogens (tertiary/aromatic N) is 1. The van der Waals surface area contributed by atoms with Crippen LogP contribution in [0.15, 0.2) is 53.1 Å². The van der Waals surface area contributed by atoms with Gasteiger partial charge in [0.2, 0.25) is 0 Å². The fraction of sp³-hybridized carbons (Fsp3) is 0.0625. The van der Waals surface area contributed by atoms with Crippen LogP contribution in [0.1, 0.15) is 5.56 Å². The number of benzene rings is 2. The number of para-hydroxylation sites is 1. The van der Waals surface area contributed by atoms with Gasteiger partial charge < -0.3 is 5.32 Å². The van der Waals surface area contributed by atoms with Crippen molar-refractivity contribution >= 4 is 32.5 Å². The molecule has 0 atom stereocenters. The molecule has 21 heavy (non-hydrogen) atoms. The highest BCUT2D eigenvalue weighted by molar-refractivity contribution is 9.10. The largest absolute Gasteiger partial charge is 0.378 e. The van der Waals surface area contributed by atoms with Crippen LogP contribution in [0.25, 0.3) is 10.9 Å². The van der Waals surface area contributed by atoms with E-state index in [4.69, 9.17) is 0 Å². The first-order chi connectivity index (χ1) is 10.1. The molecule has 0 radical (unpaired) electrons. The van der Waals surface area contributed by atoms with Crippen LogP contribution in [-0.4, -0.2) is 4.98 Å². The zero-order valence-electron chi connectivity index (χ0n) is 10.9. The Bertz CT molecular complexity index is 800. The van der Waals surface area contributed by atoms with Crippen LogP contribution in [0.4, 0.5) is 14.5 Å². The highest BCUT2D eigenvalue weighted by Gasteiger charge is 2.08. The van der Waals surface area contributed by atoms with Crippen LogP contribution in [0.3, 0.4) is 0 Å². The highest BCUT2D eigenvalue weighted by atomic mass is 79.9. The summed E-state index contributed by atoms with van der Waals surface area (Å²) in [6.07, 6.45) is 1.71. The van der Waals surface area contributed by atoms with Gasteiger partial charge in [0.05, 0.1) is 15.7 Å². The lowest BCUT2D eigenvalue weighted by Gasteiger charge is -2.10. The van der Waals surface area contributed by atoms with Crippen LogP contribution in [0.5, 0.6) is 0 Å². The third kappa shape index (κ3) is 2.88. The maximum absolute atomic E-state index is 13.8. The minimum atomic E-state index is -0.501. The van der Waals surface area contributed by atoms with Gasteiger partial charge >= 0.3 is 0 Å². The number of pyridine rings is 1. The van der Waals surface area contributed by atoms with Gasteiger partial charge in [0.15, 0.2) is 0 Å². The number of rotatable bonds is 3. The molecule has 3 rings (SSSR count). The van der Waals surface area contributed by atoms with Gasteiger partial charge in [0, 0.05) is 24.2 Å². The minimum absolute atomic E-state index is 0.111. The van der Waals surface area contributed by atoms with Crippen molar-refractivity contribution in [2.45, 2.75) is 6.54 Å². The summed E-state index contributed by atoms with van der Waals surface area (Å²) in [5.41, 5.74) is 1.99. The van der Waals surface area contributed by atoms with E-state index in [1.54, 1.807) is 6.20 Å². The number of nitrogens with one attached hydrogen (secondary N) is 1. The normalized spacial score (nSPS) is 10.8. The molecular formula is C16H11BrF2N2. The molecule has 0 spiro atoms. The Hall–Kier alpha value is -2.01. The van der Waals surface area contributed by atoms with E-state index in [0.717, 1.165) is 28.6 Å². The van der Waals surface area contributed by atoms with E-state index >= 15 is 0 Å². The lowest BCUT2D eigenvalue weighted by atomic mass is 10.1. The van der Waals surface area contributed by atoms with Crippen molar-refractivity contribution < 1.29 is 8.78 Å². The van der Waals surface area contributed by atoms with Gasteiger partial charge in [-0.1, -0.05) is 18.2 Å². The van der Waals surface area contributed by atoms with Gasteiger partial charge in [-0.05, 0) is 39.7 Å². The number of aromatic nitrogens is 1. The smallest absolute Gasteiger partial charge is 0.147 e. The Kier molecular flexibility index (Phi) is 3.84. The first kappa shape index (κ1) is 13.9. The molecule has 0 unspecified atom stereocenters. The summed E-state index contributed by atoms with van der Waals surface area (Å²) in [5, 5.41) is 3.92. The highest BCUT2D eigenvalue weighted by Crippen LogP contribution is 2.24. The number of hydrogen-bond donors (Lipinski definition) is 1. The number of anilines is 1. The summed E-state index contributed by atoms with van der Waals surface area (Å²) < 4.78 is 27.4. The summed E-state index contributed by atoms with van der Waals surface area (Å²) >= 11 is 2.96. The summed E-state index contributed by atoms with van der Waals surface area (Å²) in [5.74, 6) is -1.000. The first-order valence-corrected chi connectivity index (χ1v) is 7.15. The van der Waals surface area contributed by atoms with Crippen LogP contribution in [0, 0.1) is 11.6 Å². The molecule has 0 aliphatic rings. The van der Waals surface area contributed by atoms with Crippen LogP contribution in [0.2, 0.25) is 0 Å². The molecule has 106 valence electrons. The monoisotopic (exact) mass is 348 g/mol. The second kappa shape index (κ2) is 5.77. The Morgan fingerprint density at radius 3 is 2.71 bits per heavy atom. The molecule has 0 bridgehead atoms. The van der Waals surface area contributed by atoms with E-state index in [9.17, 15) is 8.78 Å². The maximum Gasteiger partial charge on any atom is 0.147 e. The molecule has 0 saturated carbocycles. The van der Waals surface area contributed by atoms with Gasteiger partial charge in [0.1, 0.15) is 11.6 Å². The summed E-state index contributed by atoms with van der Waals surface area (Å²) in [6, 6.07) is 11.8. The van der Waals surface area contributed by atoms with Crippen molar-refractivity contribution in [1.29, 1.82) is 0 Å². The van der Waals surface area contributed by atoms with Crippen molar-refractivity contribution in [1.82, 2.24) is 4.98 Å². The van der Waals surface area contributed by atoms with E-state index in [1.807, 2.05) is 30.3 Å². The van der Waals surface area contributed by atoms with E-state index in [1.165, 1.54) is 0 Å². The number of fused-ring (bicyclic) bond motifs is 1. The van der Waals surface area contributed by atoms with Crippen molar-refractivity contribution in [2.24, 2.45) is 0 Å². The lowest BCUT2D eigenvalue weighted by Crippen LogP contribution is -2.03. The van der Waals surface area contributed by atoms with Crippen LogP contribution in [-0.2, 0) is 6.54 Å². The fourth-order valence-corrected chi connectivity index (χ4v) is 2.47. The molecular weight excluding hydrogens is 338 g/mol. The van der Waals surface area contributed by atoms with Gasteiger partial charge in [-0.2, -0.15) is 0 Å². The van der Waals surface area contributed by atoms with Gasteiger partial charge in [-0.3, -0.25) is 4.98 Å². The standard InChI is InChI=1S/C16H11BrF2N2/c17-12-7-14(19)16(8-13(12)18)21-9-10-5-6-20-15-4-2-1-3-11(10)15/h1-8,21H,9H2.